The van der Waals surface area contributed by atoms with Gasteiger partial charge in [-0.1, -0.05) is 6.42 Å². The Morgan fingerprint density at radius 1 is 1.33 bits per heavy atom. The van der Waals surface area contributed by atoms with Gasteiger partial charge in [0.15, 0.2) is 5.78 Å². The molecule has 0 amide bonds. The summed E-state index contributed by atoms with van der Waals surface area (Å²) in [6, 6.07) is 3.97. The zero-order valence-electron chi connectivity index (χ0n) is 9.16. The molecule has 82 valence electrons. The third kappa shape index (κ3) is 2.89. The van der Waals surface area contributed by atoms with Gasteiger partial charge in [0.2, 0.25) is 0 Å². The number of piperidine rings is 1. The monoisotopic (exact) mass is 223 g/mol. The molecule has 0 bridgehead atoms. The van der Waals surface area contributed by atoms with Crippen LogP contribution < -0.4 is 0 Å². The Morgan fingerprint density at radius 3 is 2.67 bits per heavy atom. The summed E-state index contributed by atoms with van der Waals surface area (Å²) in [5.74, 6) is 0.287. The maximum absolute atomic E-state index is 11.9. The fourth-order valence-corrected chi connectivity index (χ4v) is 2.78. The number of carbonyl (C=O) groups is 1. The highest BCUT2D eigenvalue weighted by atomic mass is 32.1. The Balaban J connectivity index is 1.91. The summed E-state index contributed by atoms with van der Waals surface area (Å²) in [6.07, 6.45) is 3.82. The molecule has 2 rings (SSSR count). The lowest BCUT2D eigenvalue weighted by Gasteiger charge is -2.25. The van der Waals surface area contributed by atoms with Gasteiger partial charge in [0.25, 0.3) is 0 Å². The SMILES string of the molecule is Cc1ccc(C(=O)CN2CCCCC2)s1. The van der Waals surface area contributed by atoms with E-state index in [-0.39, 0.29) is 5.78 Å². The van der Waals surface area contributed by atoms with Crippen molar-refractivity contribution in [2.24, 2.45) is 0 Å². The standard InChI is InChI=1S/C12H17NOS/c1-10-5-6-12(15-10)11(14)9-13-7-3-2-4-8-13/h5-6H,2-4,7-9H2,1H3. The molecule has 1 aromatic rings. The number of ketones is 1. The molecule has 0 atom stereocenters. The molecule has 0 saturated carbocycles. The Labute approximate surface area is 94.9 Å². The van der Waals surface area contributed by atoms with E-state index in [9.17, 15) is 4.79 Å². The van der Waals surface area contributed by atoms with Crippen LogP contribution in [-0.2, 0) is 0 Å². The molecule has 0 N–H and O–H groups in total. The van der Waals surface area contributed by atoms with Gasteiger partial charge < -0.3 is 0 Å². The van der Waals surface area contributed by atoms with Gasteiger partial charge in [-0.3, -0.25) is 9.69 Å². The third-order valence-corrected chi connectivity index (χ3v) is 3.87. The molecule has 0 aromatic carbocycles. The molecular weight excluding hydrogens is 206 g/mol. The van der Waals surface area contributed by atoms with Gasteiger partial charge in [0, 0.05) is 4.88 Å². The maximum Gasteiger partial charge on any atom is 0.186 e. The van der Waals surface area contributed by atoms with Crippen molar-refractivity contribution in [3.05, 3.63) is 21.9 Å². The van der Waals surface area contributed by atoms with E-state index >= 15 is 0 Å². The number of hydrogen-bond acceptors (Lipinski definition) is 3. The summed E-state index contributed by atoms with van der Waals surface area (Å²) in [6.45, 7) is 4.84. The number of thiophene rings is 1. The number of likely N-dealkylation sites (tertiary alicyclic amines) is 1. The lowest BCUT2D eigenvalue weighted by Crippen LogP contribution is -2.34. The Hall–Kier alpha value is -0.670. The normalized spacial score (nSPS) is 17.9. The van der Waals surface area contributed by atoms with Crippen molar-refractivity contribution < 1.29 is 4.79 Å². The number of carbonyl (C=O) groups excluding carboxylic acids is 1. The highest BCUT2D eigenvalue weighted by molar-refractivity contribution is 7.14. The van der Waals surface area contributed by atoms with E-state index in [4.69, 9.17) is 0 Å². The van der Waals surface area contributed by atoms with E-state index in [0.717, 1.165) is 18.0 Å². The molecule has 1 saturated heterocycles. The highest BCUT2D eigenvalue weighted by Crippen LogP contribution is 2.17. The van der Waals surface area contributed by atoms with Crippen molar-refractivity contribution in [1.82, 2.24) is 4.90 Å². The topological polar surface area (TPSA) is 20.3 Å². The summed E-state index contributed by atoms with van der Waals surface area (Å²) in [7, 11) is 0. The first kappa shape index (κ1) is 10.8. The van der Waals surface area contributed by atoms with Crippen molar-refractivity contribution in [2.75, 3.05) is 19.6 Å². The average Bonchev–Trinajstić information content (AvgIpc) is 2.66. The number of Topliss-reactive ketones (excluding diaryl/α,β-unsaturated/α-hetero) is 1. The molecule has 0 spiro atoms. The second kappa shape index (κ2) is 4.90. The van der Waals surface area contributed by atoms with Gasteiger partial charge >= 0.3 is 0 Å². The van der Waals surface area contributed by atoms with Crippen LogP contribution in [0.15, 0.2) is 12.1 Å². The summed E-state index contributed by atoms with van der Waals surface area (Å²) < 4.78 is 0. The van der Waals surface area contributed by atoms with Crippen LogP contribution in [0.25, 0.3) is 0 Å². The first-order valence-electron chi connectivity index (χ1n) is 5.58. The van der Waals surface area contributed by atoms with Gasteiger partial charge in [-0.15, -0.1) is 11.3 Å². The average molecular weight is 223 g/mol. The van der Waals surface area contributed by atoms with Crippen molar-refractivity contribution in [1.29, 1.82) is 0 Å². The molecule has 1 fully saturated rings. The van der Waals surface area contributed by atoms with E-state index in [1.807, 2.05) is 19.1 Å². The van der Waals surface area contributed by atoms with Crippen molar-refractivity contribution in [3.63, 3.8) is 0 Å². The molecule has 1 aliphatic rings. The molecule has 2 nitrogen and oxygen atoms in total. The minimum absolute atomic E-state index is 0.287. The maximum atomic E-state index is 11.9. The fourth-order valence-electron chi connectivity index (χ4n) is 1.98. The molecule has 1 aromatic heterocycles. The Kier molecular flexibility index (Phi) is 3.54. The van der Waals surface area contributed by atoms with Crippen molar-refractivity contribution in [2.45, 2.75) is 26.2 Å². The highest BCUT2D eigenvalue weighted by Gasteiger charge is 2.15. The number of aryl methyl sites for hydroxylation is 1. The molecule has 0 aliphatic carbocycles. The minimum Gasteiger partial charge on any atom is -0.296 e. The van der Waals surface area contributed by atoms with E-state index in [1.54, 1.807) is 11.3 Å². The minimum atomic E-state index is 0.287. The zero-order chi connectivity index (χ0) is 10.7. The molecule has 15 heavy (non-hydrogen) atoms. The van der Waals surface area contributed by atoms with E-state index in [0.29, 0.717) is 6.54 Å². The van der Waals surface area contributed by atoms with Crippen LogP contribution in [-0.4, -0.2) is 30.3 Å². The lowest BCUT2D eigenvalue weighted by molar-refractivity contribution is 0.0920. The van der Waals surface area contributed by atoms with Gasteiger partial charge in [-0.25, -0.2) is 0 Å². The Bertz CT molecular complexity index is 339. The predicted octanol–water partition coefficient (Wildman–Crippen LogP) is 2.73. The first-order chi connectivity index (χ1) is 7.25. The smallest absolute Gasteiger partial charge is 0.186 e. The van der Waals surface area contributed by atoms with Crippen LogP contribution in [0.2, 0.25) is 0 Å². The quantitative estimate of drug-likeness (QED) is 0.734. The molecule has 3 heteroatoms. The van der Waals surface area contributed by atoms with Crippen LogP contribution in [0.3, 0.4) is 0 Å². The van der Waals surface area contributed by atoms with Gasteiger partial charge in [-0.2, -0.15) is 0 Å². The number of hydrogen-bond donors (Lipinski definition) is 0. The largest absolute Gasteiger partial charge is 0.296 e. The second-order valence-electron chi connectivity index (χ2n) is 4.17. The van der Waals surface area contributed by atoms with Crippen LogP contribution in [0.5, 0.6) is 0 Å². The molecule has 1 aliphatic heterocycles. The fraction of sp³-hybridized carbons (Fsp3) is 0.583. The van der Waals surface area contributed by atoms with E-state index in [1.165, 1.54) is 24.1 Å². The van der Waals surface area contributed by atoms with Crippen LogP contribution in [0.4, 0.5) is 0 Å². The summed E-state index contributed by atoms with van der Waals surface area (Å²) in [4.78, 5) is 16.3. The summed E-state index contributed by atoms with van der Waals surface area (Å²) in [5.41, 5.74) is 0. The predicted molar refractivity (Wildman–Crippen MR) is 63.7 cm³/mol. The lowest BCUT2D eigenvalue weighted by atomic mass is 10.1. The summed E-state index contributed by atoms with van der Waals surface area (Å²) in [5, 5.41) is 0. The first-order valence-corrected chi connectivity index (χ1v) is 6.39. The molecule has 2 heterocycles. The molecule has 0 unspecified atom stereocenters. The van der Waals surface area contributed by atoms with E-state index < -0.39 is 0 Å². The van der Waals surface area contributed by atoms with E-state index in [2.05, 4.69) is 4.90 Å². The second-order valence-corrected chi connectivity index (χ2v) is 5.46. The van der Waals surface area contributed by atoms with Crippen LogP contribution >= 0.6 is 11.3 Å². The van der Waals surface area contributed by atoms with Gasteiger partial charge in [-0.05, 0) is 45.0 Å². The molecular formula is C12H17NOS. The zero-order valence-corrected chi connectivity index (χ0v) is 9.98. The number of rotatable bonds is 3. The summed E-state index contributed by atoms with van der Waals surface area (Å²) >= 11 is 1.61. The van der Waals surface area contributed by atoms with Gasteiger partial charge in [0.05, 0.1) is 11.4 Å². The van der Waals surface area contributed by atoms with Crippen molar-refractivity contribution in [3.8, 4) is 0 Å². The van der Waals surface area contributed by atoms with Crippen LogP contribution in [0.1, 0.15) is 33.8 Å². The third-order valence-electron chi connectivity index (χ3n) is 2.83. The molecule has 0 radical (unpaired) electrons. The van der Waals surface area contributed by atoms with Crippen molar-refractivity contribution >= 4 is 17.1 Å². The van der Waals surface area contributed by atoms with Gasteiger partial charge in [0.1, 0.15) is 0 Å². The Morgan fingerprint density at radius 2 is 2.07 bits per heavy atom. The number of nitrogens with zero attached hydrogens (tertiary/aromatic N) is 1. The van der Waals surface area contributed by atoms with Crippen LogP contribution in [0, 0.1) is 6.92 Å².